The smallest absolute Gasteiger partial charge is 0.296 e. The number of nitrogens with one attached hydrogen (secondary N) is 2. The number of fused-ring (bicyclic) bond motifs is 2. The quantitative estimate of drug-likeness (QED) is 0.0505. The third kappa shape index (κ3) is 8.93. The summed E-state index contributed by atoms with van der Waals surface area (Å²) in [7, 11) is -13.8. The van der Waals surface area contributed by atoms with Gasteiger partial charge < -0.3 is 15.5 Å². The molecule has 0 fully saturated rings. The number of hydrogen-bond donors (Lipinski definition) is 5. The Hall–Kier alpha value is -5.58. The van der Waals surface area contributed by atoms with Gasteiger partial charge >= 0.3 is 0 Å². The van der Waals surface area contributed by atoms with Crippen LogP contribution in [-0.4, -0.2) is 65.4 Å². The van der Waals surface area contributed by atoms with Crippen molar-refractivity contribution in [2.24, 2.45) is 0 Å². The molecule has 17 nitrogen and oxygen atoms in total. The Balaban J connectivity index is 1.34. The predicted molar refractivity (Wildman–Crippen MR) is 216 cm³/mol. The Morgan fingerprint density at radius 2 is 1.26 bits per heavy atom. The van der Waals surface area contributed by atoms with E-state index in [9.17, 15) is 38.9 Å². The zero-order chi connectivity index (χ0) is 41.6. The molecule has 7 rings (SSSR count). The van der Waals surface area contributed by atoms with Gasteiger partial charge in [-0.1, -0.05) is 12.1 Å². The SMILES string of the molecule is CCN(Cc1cccc(S(=O)(=O)O)c1)c1ccc2nc3ccc(Nc4ccc(Nc5nc(Cl)nc(Cl)n5)cc4S(=O)(=O)O)cc3[n+](-c3ccc(S(=O)(=O)O)cc3)c2c1. The van der Waals surface area contributed by atoms with Gasteiger partial charge in [-0.25, -0.2) is 4.98 Å². The summed E-state index contributed by atoms with van der Waals surface area (Å²) in [6.07, 6.45) is 0. The Bertz CT molecular complexity index is 3090. The zero-order valence-corrected chi connectivity index (χ0v) is 33.6. The fraction of sp³-hybridized carbons (Fsp3) is 0.0833. The summed E-state index contributed by atoms with van der Waals surface area (Å²) in [6, 6.07) is 26.0. The monoisotopic (exact) mass is 883 g/mol. The minimum atomic E-state index is -4.81. The third-order valence-corrected chi connectivity index (χ3v) is 11.7. The highest BCUT2D eigenvalue weighted by Crippen LogP contribution is 2.31. The molecule has 0 saturated heterocycles. The van der Waals surface area contributed by atoms with Gasteiger partial charge in [0, 0.05) is 54.4 Å². The van der Waals surface area contributed by atoms with Crippen LogP contribution in [0.3, 0.4) is 0 Å². The van der Waals surface area contributed by atoms with Crippen molar-refractivity contribution in [1.82, 2.24) is 19.9 Å². The molecule has 0 bridgehead atoms. The van der Waals surface area contributed by atoms with Crippen molar-refractivity contribution >= 4 is 104 Å². The van der Waals surface area contributed by atoms with Gasteiger partial charge in [0.1, 0.15) is 15.9 Å². The molecule has 0 aliphatic rings. The van der Waals surface area contributed by atoms with Crippen molar-refractivity contribution < 1.29 is 43.5 Å². The summed E-state index contributed by atoms with van der Waals surface area (Å²) in [6.45, 7) is 2.67. The molecule has 0 saturated carbocycles. The molecule has 22 heteroatoms. The van der Waals surface area contributed by atoms with Gasteiger partial charge in [-0.2, -0.15) is 40.2 Å². The Labute approximate surface area is 341 Å². The van der Waals surface area contributed by atoms with E-state index in [1.807, 2.05) is 24.0 Å². The minimum Gasteiger partial charge on any atom is -0.367 e. The molecule has 0 atom stereocenters. The molecule has 0 radical (unpaired) electrons. The summed E-state index contributed by atoms with van der Waals surface area (Å²) in [5, 5.41) is 5.41. The predicted octanol–water partition coefficient (Wildman–Crippen LogP) is 6.41. The zero-order valence-electron chi connectivity index (χ0n) is 29.7. The third-order valence-electron chi connectivity index (χ3n) is 8.74. The van der Waals surface area contributed by atoms with Crippen molar-refractivity contribution in [2.45, 2.75) is 28.2 Å². The molecule has 5 N–H and O–H groups in total. The molecule has 0 aliphatic carbocycles. The fourth-order valence-electron chi connectivity index (χ4n) is 6.16. The number of hydrogen-bond acceptors (Lipinski definition) is 13. The standard InChI is InChI=1S/C36H28Cl2N8O9S3/c1-2-45(20-21-4-3-5-27(16-21)57(50,51)52)25-10-15-29-32(19-25)46(24-8-11-26(12-9-24)56(47,48)49)31-17-22(6-13-28(31)41-29)39-30-14-7-23(18-33(30)58(53,54)55)40-36-43-34(37)42-35(38)44-36/h3-19H,2,20H2,1H3,(H4,40,41,42,43,44,47,48,49,50,51,52,53,54,55)/p+1. The Kier molecular flexibility index (Phi) is 11.0. The van der Waals surface area contributed by atoms with Crippen LogP contribution in [0.5, 0.6) is 0 Å². The maximum atomic E-state index is 12.6. The summed E-state index contributed by atoms with van der Waals surface area (Å²) in [4.78, 5) is 17.2. The van der Waals surface area contributed by atoms with E-state index in [4.69, 9.17) is 28.2 Å². The van der Waals surface area contributed by atoms with E-state index >= 15 is 0 Å². The number of nitrogens with zero attached hydrogens (tertiary/aromatic N) is 6. The lowest BCUT2D eigenvalue weighted by Crippen LogP contribution is -2.34. The van der Waals surface area contributed by atoms with E-state index in [0.717, 1.165) is 6.07 Å². The number of halogens is 2. The van der Waals surface area contributed by atoms with Crippen LogP contribution in [0.4, 0.5) is 28.7 Å². The van der Waals surface area contributed by atoms with Gasteiger partial charge in [-0.05, 0) is 102 Å². The first-order valence-electron chi connectivity index (χ1n) is 16.8. The molecule has 2 aromatic heterocycles. The van der Waals surface area contributed by atoms with Crippen LogP contribution in [0.1, 0.15) is 12.5 Å². The van der Waals surface area contributed by atoms with Crippen LogP contribution in [0.15, 0.2) is 118 Å². The highest BCUT2D eigenvalue weighted by Gasteiger charge is 2.24. The molecule has 298 valence electrons. The van der Waals surface area contributed by atoms with Crippen molar-refractivity contribution in [1.29, 1.82) is 0 Å². The van der Waals surface area contributed by atoms with Gasteiger partial charge in [0.25, 0.3) is 30.4 Å². The van der Waals surface area contributed by atoms with Crippen molar-refractivity contribution in [3.8, 4) is 5.69 Å². The second kappa shape index (κ2) is 15.6. The van der Waals surface area contributed by atoms with Gasteiger partial charge in [0.2, 0.25) is 33.2 Å². The molecule has 0 unspecified atom stereocenters. The van der Waals surface area contributed by atoms with E-state index in [1.54, 1.807) is 34.9 Å². The molecule has 7 aromatic rings. The maximum absolute atomic E-state index is 12.6. The van der Waals surface area contributed by atoms with E-state index in [0.29, 0.717) is 51.2 Å². The van der Waals surface area contributed by atoms with Gasteiger partial charge in [-0.15, -0.1) is 4.57 Å². The lowest BCUT2D eigenvalue weighted by Gasteiger charge is -2.23. The summed E-state index contributed by atoms with van der Waals surface area (Å²) in [5.74, 6) is -0.0769. The average Bonchev–Trinajstić information content (AvgIpc) is 3.15. The molecule has 0 spiro atoms. The summed E-state index contributed by atoms with van der Waals surface area (Å²) >= 11 is 11.7. The first kappa shape index (κ1) is 40.6. The van der Waals surface area contributed by atoms with Crippen molar-refractivity contribution in [3.05, 3.63) is 119 Å². The van der Waals surface area contributed by atoms with Crippen molar-refractivity contribution in [3.63, 3.8) is 0 Å². The second-order valence-electron chi connectivity index (χ2n) is 12.6. The average molecular weight is 885 g/mol. The molecule has 2 heterocycles. The normalized spacial score (nSPS) is 12.2. The number of rotatable bonds is 12. The van der Waals surface area contributed by atoms with Crippen LogP contribution in [0.25, 0.3) is 27.8 Å². The van der Waals surface area contributed by atoms with E-state index < -0.39 is 35.2 Å². The molecule has 0 amide bonds. The Morgan fingerprint density at radius 3 is 1.90 bits per heavy atom. The number of anilines is 5. The molecular formula is C36H29Cl2N8O9S3+. The number of aromatic nitrogens is 5. The van der Waals surface area contributed by atoms with Crippen molar-refractivity contribution in [2.75, 3.05) is 22.1 Å². The van der Waals surface area contributed by atoms with E-state index in [-0.39, 0.29) is 44.2 Å². The lowest BCUT2D eigenvalue weighted by molar-refractivity contribution is -0.538. The topological polar surface area (TPSA) is 246 Å². The molecule has 5 aromatic carbocycles. The molecule has 0 aliphatic heterocycles. The number of benzene rings is 5. The lowest BCUT2D eigenvalue weighted by atomic mass is 10.1. The van der Waals surface area contributed by atoms with E-state index in [1.165, 1.54) is 54.6 Å². The fourth-order valence-corrected chi connectivity index (χ4v) is 8.22. The highest BCUT2D eigenvalue weighted by atomic mass is 35.5. The van der Waals surface area contributed by atoms with Crippen LogP contribution < -0.4 is 20.1 Å². The van der Waals surface area contributed by atoms with Crippen LogP contribution in [0.2, 0.25) is 10.6 Å². The van der Waals surface area contributed by atoms with E-state index in [2.05, 4.69) is 25.6 Å². The van der Waals surface area contributed by atoms with Gasteiger partial charge in [0.15, 0.2) is 0 Å². The molecule has 58 heavy (non-hydrogen) atoms. The first-order valence-corrected chi connectivity index (χ1v) is 21.8. The molecular weight excluding hydrogens is 856 g/mol. The minimum absolute atomic E-state index is 0.00384. The first-order chi connectivity index (χ1) is 27.3. The summed E-state index contributed by atoms with van der Waals surface area (Å²) in [5.41, 5.74) is 4.38. The second-order valence-corrected chi connectivity index (χ2v) is 17.5. The highest BCUT2D eigenvalue weighted by molar-refractivity contribution is 7.86. The van der Waals surface area contributed by atoms with Gasteiger partial charge in [-0.3, -0.25) is 13.7 Å². The summed E-state index contributed by atoms with van der Waals surface area (Å²) < 4.78 is 104. The Morgan fingerprint density at radius 1 is 0.638 bits per heavy atom. The largest absolute Gasteiger partial charge is 0.367 e. The van der Waals surface area contributed by atoms with Crippen LogP contribution in [0, 0.1) is 0 Å². The van der Waals surface area contributed by atoms with Crippen LogP contribution >= 0.6 is 23.2 Å². The van der Waals surface area contributed by atoms with Crippen LogP contribution in [-0.2, 0) is 36.9 Å². The maximum Gasteiger partial charge on any atom is 0.296 e. The van der Waals surface area contributed by atoms with Gasteiger partial charge in [0.05, 0.1) is 15.5 Å².